The second kappa shape index (κ2) is 10.7. The molecule has 1 heterocycles. The van der Waals surface area contributed by atoms with E-state index >= 15 is 0 Å². The van der Waals surface area contributed by atoms with Gasteiger partial charge in [-0.2, -0.15) is 0 Å². The molecular formula is C30H35BCl2N2O4. The lowest BCUT2D eigenvalue weighted by Gasteiger charge is -2.60. The van der Waals surface area contributed by atoms with Crippen LogP contribution in [0.25, 0.3) is 0 Å². The van der Waals surface area contributed by atoms with Crippen LogP contribution in [0.2, 0.25) is 10.0 Å². The van der Waals surface area contributed by atoms with Crippen molar-refractivity contribution in [3.8, 4) is 0 Å². The van der Waals surface area contributed by atoms with Gasteiger partial charge in [-0.3, -0.25) is 9.59 Å². The molecule has 5 aliphatic rings. The van der Waals surface area contributed by atoms with Crippen molar-refractivity contribution in [1.29, 1.82) is 0 Å². The van der Waals surface area contributed by atoms with Gasteiger partial charge in [-0.05, 0) is 66.2 Å². The Kier molecular flexibility index (Phi) is 7.47. The van der Waals surface area contributed by atoms with Crippen LogP contribution in [0.3, 0.4) is 0 Å². The van der Waals surface area contributed by atoms with Crippen molar-refractivity contribution in [2.24, 2.45) is 23.2 Å². The minimum atomic E-state index is -0.813. The minimum absolute atomic E-state index is 0.0818. The van der Waals surface area contributed by atoms with E-state index in [0.717, 1.165) is 31.2 Å². The molecule has 39 heavy (non-hydrogen) atoms. The van der Waals surface area contributed by atoms with Gasteiger partial charge in [0.15, 0.2) is 0 Å². The Bertz CT molecular complexity index is 1240. The molecule has 6 atom stereocenters. The summed E-state index contributed by atoms with van der Waals surface area (Å²) in [6.07, 6.45) is 5.83. The number of hydrogen-bond acceptors (Lipinski definition) is 4. The summed E-state index contributed by atoms with van der Waals surface area (Å²) in [6, 6.07) is 13.6. The van der Waals surface area contributed by atoms with E-state index in [9.17, 15) is 9.59 Å². The van der Waals surface area contributed by atoms with Gasteiger partial charge in [-0.15, -0.1) is 0 Å². The molecule has 2 N–H and O–H groups in total. The number of benzene rings is 2. The lowest BCUT2D eigenvalue weighted by molar-refractivity contribution is -0.150. The smallest absolute Gasteiger partial charge is 0.404 e. The fraction of sp³-hybridized carbons (Fsp3) is 0.533. The predicted molar refractivity (Wildman–Crippen MR) is 153 cm³/mol. The second-order valence-electron chi connectivity index (χ2n) is 12.4. The van der Waals surface area contributed by atoms with E-state index in [4.69, 9.17) is 32.5 Å². The molecule has 2 amide bonds. The monoisotopic (exact) mass is 568 g/mol. The van der Waals surface area contributed by atoms with Gasteiger partial charge in [-0.1, -0.05) is 80.2 Å². The molecule has 1 aliphatic heterocycles. The maximum absolute atomic E-state index is 13.8. The van der Waals surface area contributed by atoms with Crippen molar-refractivity contribution in [3.63, 3.8) is 0 Å². The summed E-state index contributed by atoms with van der Waals surface area (Å²) in [5.41, 5.74) is 1.45. The van der Waals surface area contributed by atoms with Crippen LogP contribution in [-0.2, 0) is 20.5 Å². The van der Waals surface area contributed by atoms with E-state index in [1.54, 1.807) is 12.1 Å². The number of rotatable bonds is 9. The number of carbonyl (C=O) groups excluding carboxylic acids is 2. The van der Waals surface area contributed by atoms with Crippen molar-refractivity contribution in [2.45, 2.75) is 76.6 Å². The predicted octanol–water partition coefficient (Wildman–Crippen LogP) is 5.50. The molecule has 5 fully saturated rings. The molecule has 0 aromatic heterocycles. The van der Waals surface area contributed by atoms with Gasteiger partial charge in [0.05, 0.1) is 28.7 Å². The van der Waals surface area contributed by atoms with Gasteiger partial charge in [0.25, 0.3) is 5.91 Å². The third-order valence-electron chi connectivity index (χ3n) is 9.44. The molecule has 2 aromatic rings. The molecule has 6 nitrogen and oxygen atoms in total. The Balaban J connectivity index is 1.19. The molecule has 2 bridgehead atoms. The lowest BCUT2D eigenvalue weighted by atomic mass is 9.47. The first-order valence-electron chi connectivity index (χ1n) is 14.1. The first kappa shape index (κ1) is 27.1. The molecule has 4 aliphatic carbocycles. The van der Waals surface area contributed by atoms with E-state index in [2.05, 4.69) is 24.5 Å². The second-order valence-corrected chi connectivity index (χ2v) is 13.2. The van der Waals surface area contributed by atoms with E-state index in [0.29, 0.717) is 29.2 Å². The zero-order valence-corrected chi connectivity index (χ0v) is 23.9. The van der Waals surface area contributed by atoms with E-state index in [-0.39, 0.29) is 40.1 Å². The van der Waals surface area contributed by atoms with Crippen molar-refractivity contribution in [2.75, 3.05) is 0 Å². The summed E-state index contributed by atoms with van der Waals surface area (Å²) in [6.45, 7) is 4.68. The van der Waals surface area contributed by atoms with Gasteiger partial charge in [0, 0.05) is 11.4 Å². The lowest BCUT2D eigenvalue weighted by Crippen LogP contribution is -2.59. The van der Waals surface area contributed by atoms with E-state index < -0.39 is 19.1 Å². The fourth-order valence-electron chi connectivity index (χ4n) is 6.75. The summed E-state index contributed by atoms with van der Waals surface area (Å²) >= 11 is 12.4. The molecule has 2 unspecified atom stereocenters. The summed E-state index contributed by atoms with van der Waals surface area (Å²) < 4.78 is 13.0. The maximum atomic E-state index is 13.8. The highest BCUT2D eigenvalue weighted by Gasteiger charge is 2.63. The summed E-state index contributed by atoms with van der Waals surface area (Å²) in [4.78, 5) is 27.1. The topological polar surface area (TPSA) is 76.7 Å². The third kappa shape index (κ3) is 5.61. The number of carbonyl (C=O) groups is 2. The number of halogens is 2. The Morgan fingerprint density at radius 1 is 1.05 bits per heavy atom. The average Bonchev–Trinajstić information content (AvgIpc) is 3.63. The standard InChI is InChI=1S/C30H35BCl2N2O4/c1-30(2)19-14-22(30)27-25(15-19)38-31(39-27)26(13-18-8-9-18)35-29(37)24(12-17-6-4-3-5-7-17)34-28(36)21-16-20(32)10-11-23(21)33/h3-7,10-11,16,18-19,22,24-27H,8-9,12-15H2,1-2H3,(H,34,36)(H,35,37)/t19-,22?,24-,25+,26-,27?/m0/s1. The van der Waals surface area contributed by atoms with Crippen LogP contribution in [0, 0.1) is 23.2 Å². The minimum Gasteiger partial charge on any atom is -0.404 e. The molecule has 7 rings (SSSR count). The molecule has 2 aromatic carbocycles. The quantitative estimate of drug-likeness (QED) is 0.392. The van der Waals surface area contributed by atoms with Gasteiger partial charge in [0.2, 0.25) is 5.91 Å². The number of nitrogens with one attached hydrogen (secondary N) is 2. The van der Waals surface area contributed by atoms with Crippen LogP contribution < -0.4 is 10.6 Å². The highest BCUT2D eigenvalue weighted by molar-refractivity contribution is 6.47. The molecular weight excluding hydrogens is 534 g/mol. The third-order valence-corrected chi connectivity index (χ3v) is 10.0. The van der Waals surface area contributed by atoms with Crippen molar-refractivity contribution >= 4 is 42.1 Å². The first-order valence-corrected chi connectivity index (χ1v) is 14.9. The van der Waals surface area contributed by atoms with Crippen molar-refractivity contribution < 1.29 is 18.9 Å². The van der Waals surface area contributed by atoms with Crippen LogP contribution in [-0.4, -0.2) is 43.1 Å². The Labute approximate surface area is 240 Å². The van der Waals surface area contributed by atoms with Gasteiger partial charge in [0.1, 0.15) is 6.04 Å². The van der Waals surface area contributed by atoms with Crippen LogP contribution in [0.5, 0.6) is 0 Å². The Hall–Kier alpha value is -2.06. The van der Waals surface area contributed by atoms with E-state index in [1.807, 2.05) is 30.3 Å². The molecule has 0 radical (unpaired) electrons. The largest absolute Gasteiger partial charge is 0.481 e. The molecule has 0 spiro atoms. The normalized spacial score (nSPS) is 28.2. The highest BCUT2D eigenvalue weighted by Crippen LogP contribution is 2.61. The van der Waals surface area contributed by atoms with Crippen LogP contribution in [0.4, 0.5) is 0 Å². The summed E-state index contributed by atoms with van der Waals surface area (Å²) in [5, 5.41) is 6.82. The van der Waals surface area contributed by atoms with Crippen molar-refractivity contribution in [1.82, 2.24) is 10.6 Å². The van der Waals surface area contributed by atoms with E-state index in [1.165, 1.54) is 12.5 Å². The zero-order chi connectivity index (χ0) is 27.3. The zero-order valence-electron chi connectivity index (χ0n) is 22.4. The van der Waals surface area contributed by atoms with Crippen LogP contribution in [0.15, 0.2) is 48.5 Å². The first-order chi connectivity index (χ1) is 18.7. The van der Waals surface area contributed by atoms with Crippen LogP contribution in [0.1, 0.15) is 61.9 Å². The number of amides is 2. The van der Waals surface area contributed by atoms with Gasteiger partial charge >= 0.3 is 7.12 Å². The summed E-state index contributed by atoms with van der Waals surface area (Å²) in [5.74, 6) is 0.743. The molecule has 9 heteroatoms. The molecule has 206 valence electrons. The van der Waals surface area contributed by atoms with Gasteiger partial charge < -0.3 is 19.9 Å². The van der Waals surface area contributed by atoms with Crippen LogP contribution >= 0.6 is 23.2 Å². The fourth-order valence-corrected chi connectivity index (χ4v) is 7.13. The van der Waals surface area contributed by atoms with Crippen molar-refractivity contribution in [3.05, 3.63) is 69.7 Å². The Morgan fingerprint density at radius 3 is 2.54 bits per heavy atom. The highest BCUT2D eigenvalue weighted by atomic mass is 35.5. The SMILES string of the molecule is CC1(C)C2C[C@H]1C[C@H]1OB([C@H](CC3CC3)NC(=O)[C@H](Cc3ccccc3)NC(=O)c3cc(Cl)ccc3Cl)OC21. The summed E-state index contributed by atoms with van der Waals surface area (Å²) in [7, 11) is -0.477. The number of hydrogen-bond donors (Lipinski definition) is 2. The molecule has 4 saturated carbocycles. The maximum Gasteiger partial charge on any atom is 0.481 e. The average molecular weight is 569 g/mol. The molecule has 1 saturated heterocycles. The Morgan fingerprint density at radius 2 is 1.82 bits per heavy atom. The van der Waals surface area contributed by atoms with Gasteiger partial charge in [-0.25, -0.2) is 0 Å².